The maximum Gasteiger partial charge on any atom is 0.149 e. The van der Waals surface area contributed by atoms with Crippen LogP contribution < -0.4 is 0 Å². The summed E-state index contributed by atoms with van der Waals surface area (Å²) >= 11 is 0. The fraction of sp³-hybridized carbons (Fsp3) is 0.910. The van der Waals surface area contributed by atoms with Crippen LogP contribution in [0.3, 0.4) is 0 Å². The first-order valence-electron chi connectivity index (χ1n) is 33.5. The first-order chi connectivity index (χ1) is 39.4. The standard InChI is InChI=1S/C13H26N2O.C12H24N2O.C12H23NO.C10H20N2O.C10H19NO2.C10H19NO/c1-12(2)13(16)6-4-5-7-15-10-8-14(3)9-11-15;1-11(2)12(15)5-4-6-14-9-7-13(3)8-10-14;1-11(2)12(14)7-6-10-13-8-4-3-5-9-13;1-9(2)10(13)8-12-6-4-11(3)5-7-12;1-9(2)10(12)3-4-11-5-7-13-8-6-11;1-9(2)10(12)8-11-6-4-3-5-7-11/h12H,4-11H2,1-3H3;11H,4-10H2,1-3H3;11H,3-10H2,1-2H3;9H,4-8H2,1-3H3;9H,3-8H2,1-2H3;9H,3-8H2,1-2H3. The van der Waals surface area contributed by atoms with Gasteiger partial charge in [-0.15, -0.1) is 0 Å². The number of hydrogen-bond donors (Lipinski definition) is 0. The molecule has 0 aliphatic carbocycles. The molecule has 0 radical (unpaired) electrons. The fourth-order valence-corrected chi connectivity index (χ4v) is 10.1. The number of piperazine rings is 3. The molecule has 0 unspecified atom stereocenters. The molecular weight excluding hydrogens is 1040 g/mol. The number of hydrogen-bond acceptors (Lipinski definition) is 16. The van der Waals surface area contributed by atoms with Gasteiger partial charge in [0.15, 0.2) is 0 Å². The molecule has 0 atom stereocenters. The van der Waals surface area contributed by atoms with Gasteiger partial charge in [0.05, 0.1) is 26.3 Å². The van der Waals surface area contributed by atoms with Crippen molar-refractivity contribution in [3.05, 3.63) is 0 Å². The summed E-state index contributed by atoms with van der Waals surface area (Å²) in [6.45, 7) is 51.3. The number of carbonyl (C=O) groups is 6. The fourth-order valence-electron chi connectivity index (χ4n) is 10.1. The molecule has 0 N–H and O–H groups in total. The molecule has 0 aromatic carbocycles. The summed E-state index contributed by atoms with van der Waals surface area (Å²) in [6.07, 6.45) is 15.3. The van der Waals surface area contributed by atoms with Gasteiger partial charge in [-0.25, -0.2) is 0 Å². The van der Waals surface area contributed by atoms with Crippen LogP contribution in [0, 0.1) is 35.5 Å². The summed E-state index contributed by atoms with van der Waals surface area (Å²) in [5.41, 5.74) is 0. The largest absolute Gasteiger partial charge is 0.379 e. The molecule has 6 aliphatic rings. The van der Waals surface area contributed by atoms with Gasteiger partial charge in [-0.1, -0.05) is 95.9 Å². The van der Waals surface area contributed by atoms with Gasteiger partial charge in [0.1, 0.15) is 34.7 Å². The summed E-state index contributed by atoms with van der Waals surface area (Å²) in [5, 5.41) is 0. The van der Waals surface area contributed by atoms with Crippen molar-refractivity contribution < 1.29 is 33.5 Å². The van der Waals surface area contributed by atoms with Crippen molar-refractivity contribution in [1.29, 1.82) is 0 Å². The highest BCUT2D eigenvalue weighted by Crippen LogP contribution is 2.13. The smallest absolute Gasteiger partial charge is 0.149 e. The highest BCUT2D eigenvalue weighted by Gasteiger charge is 2.20. The van der Waals surface area contributed by atoms with Gasteiger partial charge >= 0.3 is 0 Å². The van der Waals surface area contributed by atoms with Crippen molar-refractivity contribution in [2.45, 2.75) is 173 Å². The molecule has 486 valence electrons. The molecule has 0 aromatic rings. The van der Waals surface area contributed by atoms with Crippen LogP contribution in [0.2, 0.25) is 0 Å². The first-order valence-corrected chi connectivity index (χ1v) is 33.5. The quantitative estimate of drug-likeness (QED) is 0.0765. The van der Waals surface area contributed by atoms with E-state index in [0.717, 1.165) is 150 Å². The molecule has 83 heavy (non-hydrogen) atoms. The van der Waals surface area contributed by atoms with Crippen LogP contribution in [0.15, 0.2) is 0 Å². The van der Waals surface area contributed by atoms with Crippen molar-refractivity contribution in [3.63, 3.8) is 0 Å². The molecule has 0 bridgehead atoms. The molecule has 6 aliphatic heterocycles. The van der Waals surface area contributed by atoms with Crippen LogP contribution in [0.5, 0.6) is 0 Å². The van der Waals surface area contributed by atoms with Crippen LogP contribution in [-0.2, 0) is 33.5 Å². The Hall–Kier alpha value is -2.38. The van der Waals surface area contributed by atoms with Crippen LogP contribution in [0.1, 0.15) is 173 Å². The van der Waals surface area contributed by atoms with E-state index >= 15 is 0 Å². The number of carbonyl (C=O) groups excluding carboxylic acids is 6. The van der Waals surface area contributed by atoms with E-state index in [2.05, 4.69) is 65.2 Å². The topological polar surface area (TPSA) is 141 Å². The van der Waals surface area contributed by atoms with E-state index in [4.69, 9.17) is 4.74 Å². The number of unbranched alkanes of at least 4 members (excludes halogenated alkanes) is 1. The Labute approximate surface area is 510 Å². The van der Waals surface area contributed by atoms with Crippen molar-refractivity contribution in [3.8, 4) is 0 Å². The second kappa shape index (κ2) is 47.7. The number of likely N-dealkylation sites (tertiary alicyclic amines) is 2. The monoisotopic (exact) mass is 1170 g/mol. The first kappa shape index (κ1) is 78.6. The Bertz CT molecular complexity index is 1690. The summed E-state index contributed by atoms with van der Waals surface area (Å²) in [6, 6.07) is 0. The molecule has 0 spiro atoms. The van der Waals surface area contributed by atoms with Gasteiger partial charge in [-0.05, 0) is 118 Å². The maximum atomic E-state index is 11.4. The highest BCUT2D eigenvalue weighted by molar-refractivity contribution is 5.83. The minimum Gasteiger partial charge on any atom is -0.379 e. The summed E-state index contributed by atoms with van der Waals surface area (Å²) in [4.78, 5) is 89.7. The molecule has 6 saturated heterocycles. The third kappa shape index (κ3) is 41.4. The molecule has 6 fully saturated rings. The molecule has 0 aromatic heterocycles. The molecule has 16 nitrogen and oxygen atoms in total. The van der Waals surface area contributed by atoms with Crippen molar-refractivity contribution in [2.75, 3.05) is 191 Å². The lowest BCUT2D eigenvalue weighted by Crippen LogP contribution is -2.46. The summed E-state index contributed by atoms with van der Waals surface area (Å²) in [7, 11) is 6.47. The Morgan fingerprint density at radius 2 is 0.542 bits per heavy atom. The lowest BCUT2D eigenvalue weighted by molar-refractivity contribution is -0.124. The highest BCUT2D eigenvalue weighted by atomic mass is 16.5. The SMILES string of the molecule is CC(C)C(=O)CCCCN1CCN(C)CC1.CC(C)C(=O)CCCN1CCCCC1.CC(C)C(=O)CCCN1CCN(C)CC1.CC(C)C(=O)CCN1CCOCC1.CC(C)C(=O)CN1CCCCC1.CC(C)C(=O)CN1CCN(C)CC1. The van der Waals surface area contributed by atoms with Crippen LogP contribution in [0.25, 0.3) is 0 Å². The average Bonchev–Trinajstić information content (AvgIpc) is 3.47. The molecular formula is C67H131N9O7. The Morgan fingerprint density at radius 1 is 0.277 bits per heavy atom. The number of rotatable bonds is 26. The predicted molar refractivity (Wildman–Crippen MR) is 346 cm³/mol. The number of ether oxygens (including phenoxy) is 1. The maximum absolute atomic E-state index is 11.4. The number of piperidine rings is 2. The summed E-state index contributed by atoms with van der Waals surface area (Å²) in [5.74, 6) is 3.56. The van der Waals surface area contributed by atoms with E-state index in [-0.39, 0.29) is 35.5 Å². The third-order valence-electron chi connectivity index (χ3n) is 17.0. The number of ketones is 6. The van der Waals surface area contributed by atoms with Gasteiger partial charge in [-0.3, -0.25) is 43.5 Å². The van der Waals surface area contributed by atoms with Crippen LogP contribution >= 0.6 is 0 Å². The average molecular weight is 1170 g/mol. The van der Waals surface area contributed by atoms with Gasteiger partial charge in [0, 0.05) is 159 Å². The van der Waals surface area contributed by atoms with Gasteiger partial charge < -0.3 is 34.1 Å². The Balaban J connectivity index is 0.000000499. The minimum atomic E-state index is 0.180. The number of morpholine rings is 1. The Kier molecular flexibility index (Phi) is 45.1. The molecule has 16 heteroatoms. The molecule has 6 rings (SSSR count). The Morgan fingerprint density at radius 3 is 0.892 bits per heavy atom. The molecule has 6 heterocycles. The van der Waals surface area contributed by atoms with E-state index in [1.54, 1.807) is 0 Å². The van der Waals surface area contributed by atoms with E-state index < -0.39 is 0 Å². The second-order valence-corrected chi connectivity index (χ2v) is 26.7. The van der Waals surface area contributed by atoms with E-state index in [9.17, 15) is 28.8 Å². The normalized spacial score (nSPS) is 19.6. The number of likely N-dealkylation sites (N-methyl/N-ethyl adjacent to an activating group) is 3. The van der Waals surface area contributed by atoms with Crippen molar-refractivity contribution >= 4 is 34.7 Å². The van der Waals surface area contributed by atoms with Gasteiger partial charge in [0.25, 0.3) is 0 Å². The lowest BCUT2D eigenvalue weighted by Gasteiger charge is -2.32. The van der Waals surface area contributed by atoms with Crippen molar-refractivity contribution in [1.82, 2.24) is 44.1 Å². The van der Waals surface area contributed by atoms with E-state index in [0.29, 0.717) is 54.2 Å². The predicted octanol–water partition coefficient (Wildman–Crippen LogP) is 8.44. The third-order valence-corrected chi connectivity index (χ3v) is 17.0. The van der Waals surface area contributed by atoms with Gasteiger partial charge in [0.2, 0.25) is 0 Å². The zero-order chi connectivity index (χ0) is 62.1. The lowest BCUT2D eigenvalue weighted by atomic mass is 10.0. The zero-order valence-electron chi connectivity index (χ0n) is 56.6. The number of nitrogens with zero attached hydrogens (tertiary/aromatic N) is 9. The van der Waals surface area contributed by atoms with Gasteiger partial charge in [-0.2, -0.15) is 0 Å². The van der Waals surface area contributed by atoms with Crippen molar-refractivity contribution in [2.24, 2.45) is 35.5 Å². The molecule has 0 saturated carbocycles. The molecule has 0 amide bonds. The minimum absolute atomic E-state index is 0.180. The van der Waals surface area contributed by atoms with E-state index in [1.165, 1.54) is 90.8 Å². The second-order valence-electron chi connectivity index (χ2n) is 26.7. The zero-order valence-corrected chi connectivity index (χ0v) is 56.6. The van der Waals surface area contributed by atoms with E-state index in [1.807, 2.05) is 83.1 Å². The summed E-state index contributed by atoms with van der Waals surface area (Å²) < 4.78 is 5.23. The van der Waals surface area contributed by atoms with Crippen LogP contribution in [0.4, 0.5) is 0 Å². The van der Waals surface area contributed by atoms with Crippen LogP contribution in [-0.4, -0.2) is 270 Å². The number of Topliss-reactive ketones (excluding diaryl/α,β-unsaturated/α-hetero) is 6.